The third kappa shape index (κ3) is 3.69. The van der Waals surface area contributed by atoms with Crippen LogP contribution in [0, 0.1) is 6.92 Å². The van der Waals surface area contributed by atoms with E-state index in [9.17, 15) is 0 Å². The highest BCUT2D eigenvalue weighted by molar-refractivity contribution is 7.12. The van der Waals surface area contributed by atoms with Crippen LogP contribution in [-0.4, -0.2) is 13.2 Å². The van der Waals surface area contributed by atoms with Crippen molar-refractivity contribution in [3.63, 3.8) is 0 Å². The lowest BCUT2D eigenvalue weighted by molar-refractivity contribution is 0.0340. The van der Waals surface area contributed by atoms with E-state index < -0.39 is 0 Å². The van der Waals surface area contributed by atoms with Gasteiger partial charge in [0.15, 0.2) is 0 Å². The van der Waals surface area contributed by atoms with Gasteiger partial charge in [0.2, 0.25) is 0 Å². The molecule has 0 saturated heterocycles. The molecule has 0 amide bonds. The topological polar surface area (TPSA) is 21.3 Å². The minimum absolute atomic E-state index is 0.0548. The van der Waals surface area contributed by atoms with Crippen molar-refractivity contribution in [3.8, 4) is 0 Å². The van der Waals surface area contributed by atoms with E-state index in [0.717, 1.165) is 6.54 Å². The highest BCUT2D eigenvalue weighted by Crippen LogP contribution is 2.35. The summed E-state index contributed by atoms with van der Waals surface area (Å²) in [7, 11) is 0. The van der Waals surface area contributed by atoms with Crippen molar-refractivity contribution in [1.82, 2.24) is 5.32 Å². The number of ether oxygens (including phenoxy) is 1. The van der Waals surface area contributed by atoms with Crippen molar-refractivity contribution in [3.05, 3.63) is 57.8 Å². The van der Waals surface area contributed by atoms with Gasteiger partial charge in [0, 0.05) is 16.4 Å². The molecular weight excluding hydrogens is 266 g/mol. The van der Waals surface area contributed by atoms with E-state index in [2.05, 4.69) is 62.5 Å². The van der Waals surface area contributed by atoms with Crippen molar-refractivity contribution in [2.75, 3.05) is 13.2 Å². The molecule has 0 aliphatic carbocycles. The van der Waals surface area contributed by atoms with Crippen LogP contribution in [0.5, 0.6) is 0 Å². The zero-order chi connectivity index (χ0) is 14.4. The summed E-state index contributed by atoms with van der Waals surface area (Å²) in [5, 5.41) is 3.58. The first-order chi connectivity index (χ1) is 9.76. The molecule has 2 aromatic rings. The van der Waals surface area contributed by atoms with Gasteiger partial charge in [-0.15, -0.1) is 11.3 Å². The highest BCUT2D eigenvalue weighted by atomic mass is 32.1. The van der Waals surface area contributed by atoms with Crippen LogP contribution in [0.15, 0.2) is 42.5 Å². The summed E-state index contributed by atoms with van der Waals surface area (Å²) in [6, 6.07) is 15.1. The largest absolute Gasteiger partial charge is 0.372 e. The molecule has 2 nitrogen and oxygen atoms in total. The predicted molar refractivity (Wildman–Crippen MR) is 86.3 cm³/mol. The van der Waals surface area contributed by atoms with Crippen molar-refractivity contribution in [1.29, 1.82) is 0 Å². The van der Waals surface area contributed by atoms with Crippen LogP contribution in [0.25, 0.3) is 0 Å². The van der Waals surface area contributed by atoms with E-state index in [4.69, 9.17) is 4.74 Å². The second-order valence-corrected chi connectivity index (χ2v) is 6.09. The zero-order valence-electron chi connectivity index (χ0n) is 12.4. The maximum atomic E-state index is 6.05. The van der Waals surface area contributed by atoms with Crippen LogP contribution < -0.4 is 5.32 Å². The van der Waals surface area contributed by atoms with Crippen LogP contribution >= 0.6 is 11.3 Å². The van der Waals surface area contributed by atoms with E-state index in [1.165, 1.54) is 15.3 Å². The Morgan fingerprint density at radius 1 is 1.10 bits per heavy atom. The van der Waals surface area contributed by atoms with Crippen LogP contribution in [0.1, 0.15) is 41.3 Å². The average molecular weight is 289 g/mol. The number of benzene rings is 1. The van der Waals surface area contributed by atoms with Gasteiger partial charge < -0.3 is 10.1 Å². The summed E-state index contributed by atoms with van der Waals surface area (Å²) in [6.45, 7) is 7.99. The molecule has 0 spiro atoms. The van der Waals surface area contributed by atoms with E-state index in [1.807, 2.05) is 17.4 Å². The van der Waals surface area contributed by atoms with E-state index in [1.54, 1.807) is 0 Å². The average Bonchev–Trinajstić information content (AvgIpc) is 2.90. The number of nitrogens with one attached hydrogen (secondary N) is 1. The van der Waals surface area contributed by atoms with Gasteiger partial charge in [0.1, 0.15) is 6.10 Å². The lowest BCUT2D eigenvalue weighted by Crippen LogP contribution is -2.28. The molecule has 1 aromatic heterocycles. The van der Waals surface area contributed by atoms with Crippen molar-refractivity contribution in [2.45, 2.75) is 32.9 Å². The van der Waals surface area contributed by atoms with Crippen LogP contribution in [0.4, 0.5) is 0 Å². The SMILES string of the molecule is CCNC(c1ccc(C)s1)C(OCC)c1ccccc1. The molecular formula is C17H23NOS. The minimum Gasteiger partial charge on any atom is -0.372 e. The van der Waals surface area contributed by atoms with Gasteiger partial charge in [0.25, 0.3) is 0 Å². The first kappa shape index (κ1) is 15.2. The molecule has 3 heteroatoms. The van der Waals surface area contributed by atoms with E-state index >= 15 is 0 Å². The summed E-state index contributed by atoms with van der Waals surface area (Å²) in [5.74, 6) is 0. The number of hydrogen-bond donors (Lipinski definition) is 1. The molecule has 1 heterocycles. The molecule has 0 bridgehead atoms. The van der Waals surface area contributed by atoms with Crippen LogP contribution in [0.3, 0.4) is 0 Å². The molecule has 2 rings (SSSR count). The molecule has 1 aromatic carbocycles. The zero-order valence-corrected chi connectivity index (χ0v) is 13.2. The molecule has 2 atom stereocenters. The summed E-state index contributed by atoms with van der Waals surface area (Å²) < 4.78 is 6.05. The third-order valence-corrected chi connectivity index (χ3v) is 4.35. The van der Waals surface area contributed by atoms with Gasteiger partial charge in [-0.2, -0.15) is 0 Å². The van der Waals surface area contributed by atoms with Crippen molar-refractivity contribution in [2.24, 2.45) is 0 Å². The Balaban J connectivity index is 2.32. The molecule has 1 N–H and O–H groups in total. The standard InChI is InChI=1S/C17H23NOS/c1-4-18-16(15-12-11-13(3)20-15)17(19-5-2)14-9-7-6-8-10-14/h6-12,16-18H,4-5H2,1-3H3. The van der Waals surface area contributed by atoms with Gasteiger partial charge in [-0.05, 0) is 38.1 Å². The molecule has 0 saturated carbocycles. The smallest absolute Gasteiger partial charge is 0.103 e. The summed E-state index contributed by atoms with van der Waals surface area (Å²) in [4.78, 5) is 2.68. The Bertz CT molecular complexity index is 509. The lowest BCUT2D eigenvalue weighted by atomic mass is 10.0. The number of likely N-dealkylation sites (N-methyl/N-ethyl adjacent to an activating group) is 1. The molecule has 0 aliphatic rings. The maximum absolute atomic E-state index is 6.05. The van der Waals surface area contributed by atoms with Gasteiger partial charge in [-0.25, -0.2) is 0 Å². The van der Waals surface area contributed by atoms with Gasteiger partial charge in [-0.3, -0.25) is 0 Å². The number of hydrogen-bond acceptors (Lipinski definition) is 3. The Morgan fingerprint density at radius 2 is 1.85 bits per heavy atom. The quantitative estimate of drug-likeness (QED) is 0.811. The fourth-order valence-corrected chi connectivity index (χ4v) is 3.38. The number of thiophene rings is 1. The van der Waals surface area contributed by atoms with Crippen LogP contribution in [0.2, 0.25) is 0 Å². The molecule has 0 fully saturated rings. The van der Waals surface area contributed by atoms with Gasteiger partial charge >= 0.3 is 0 Å². The molecule has 20 heavy (non-hydrogen) atoms. The molecule has 2 unspecified atom stereocenters. The fraction of sp³-hybridized carbons (Fsp3) is 0.412. The number of rotatable bonds is 7. The first-order valence-corrected chi connectivity index (χ1v) is 8.04. The first-order valence-electron chi connectivity index (χ1n) is 7.22. The normalized spacial score (nSPS) is 14.2. The van der Waals surface area contributed by atoms with Crippen molar-refractivity contribution >= 4 is 11.3 Å². The van der Waals surface area contributed by atoms with Gasteiger partial charge in [0.05, 0.1) is 6.04 Å². The predicted octanol–water partition coefficient (Wildman–Crippen LogP) is 4.48. The highest BCUT2D eigenvalue weighted by Gasteiger charge is 2.25. The lowest BCUT2D eigenvalue weighted by Gasteiger charge is -2.27. The second-order valence-electron chi connectivity index (χ2n) is 4.77. The van der Waals surface area contributed by atoms with Crippen LogP contribution in [-0.2, 0) is 4.74 Å². The van der Waals surface area contributed by atoms with Gasteiger partial charge in [-0.1, -0.05) is 37.3 Å². The second kappa shape index (κ2) is 7.58. The molecule has 108 valence electrons. The number of aryl methyl sites for hydroxylation is 1. The van der Waals surface area contributed by atoms with E-state index in [-0.39, 0.29) is 12.1 Å². The minimum atomic E-state index is 0.0548. The summed E-state index contributed by atoms with van der Waals surface area (Å²) in [5.41, 5.74) is 1.23. The maximum Gasteiger partial charge on any atom is 0.103 e. The van der Waals surface area contributed by atoms with E-state index in [0.29, 0.717) is 6.61 Å². The summed E-state index contributed by atoms with van der Waals surface area (Å²) in [6.07, 6.45) is 0.0548. The Kier molecular flexibility index (Phi) is 5.77. The third-order valence-electron chi connectivity index (χ3n) is 3.27. The summed E-state index contributed by atoms with van der Waals surface area (Å²) >= 11 is 1.84. The Hall–Kier alpha value is -1.16. The van der Waals surface area contributed by atoms with Crippen molar-refractivity contribution < 1.29 is 4.74 Å². The fourth-order valence-electron chi connectivity index (χ4n) is 2.40. The monoisotopic (exact) mass is 289 g/mol. The molecule has 0 aliphatic heterocycles. The Morgan fingerprint density at radius 3 is 2.40 bits per heavy atom. The Labute approximate surface area is 125 Å². The molecule has 0 radical (unpaired) electrons.